The lowest BCUT2D eigenvalue weighted by Crippen LogP contribution is -2.21. The number of aryl methyl sites for hydroxylation is 1. The summed E-state index contributed by atoms with van der Waals surface area (Å²) in [6.45, 7) is 5.98. The van der Waals surface area contributed by atoms with E-state index in [9.17, 15) is 0 Å². The van der Waals surface area contributed by atoms with Gasteiger partial charge < -0.3 is 5.73 Å². The number of hydrogen-bond donors (Lipinski definition) is 1. The van der Waals surface area contributed by atoms with Crippen LogP contribution in [0.3, 0.4) is 0 Å². The molecule has 0 atom stereocenters. The summed E-state index contributed by atoms with van der Waals surface area (Å²) >= 11 is 5.09. The SMILES string of the molecule is Cc1cccc(N=Nc2c(-c3ccccc3)nn(C(N)=S)c2C)c1C. The van der Waals surface area contributed by atoms with E-state index in [2.05, 4.69) is 28.3 Å². The predicted molar refractivity (Wildman–Crippen MR) is 105 cm³/mol. The molecule has 25 heavy (non-hydrogen) atoms. The number of nitrogens with zero attached hydrogens (tertiary/aromatic N) is 4. The Bertz CT molecular complexity index is 957. The second-order valence-corrected chi connectivity index (χ2v) is 6.24. The highest BCUT2D eigenvalue weighted by Gasteiger charge is 2.17. The highest BCUT2D eigenvalue weighted by atomic mass is 32.1. The maximum Gasteiger partial charge on any atom is 0.191 e. The Balaban J connectivity index is 2.13. The third-order valence-corrected chi connectivity index (χ3v) is 4.35. The fourth-order valence-electron chi connectivity index (χ4n) is 2.57. The Hall–Kier alpha value is -2.86. The van der Waals surface area contributed by atoms with Gasteiger partial charge in [-0.1, -0.05) is 42.5 Å². The molecule has 0 aliphatic heterocycles. The first-order valence-electron chi connectivity index (χ1n) is 7.92. The summed E-state index contributed by atoms with van der Waals surface area (Å²) in [6.07, 6.45) is 0. The summed E-state index contributed by atoms with van der Waals surface area (Å²) < 4.78 is 1.52. The van der Waals surface area contributed by atoms with E-state index >= 15 is 0 Å². The zero-order valence-corrected chi connectivity index (χ0v) is 15.2. The van der Waals surface area contributed by atoms with E-state index in [1.807, 2.05) is 56.3 Å². The van der Waals surface area contributed by atoms with Gasteiger partial charge in [-0.25, -0.2) is 4.68 Å². The van der Waals surface area contributed by atoms with Crippen molar-refractivity contribution in [3.63, 3.8) is 0 Å². The number of benzene rings is 2. The van der Waals surface area contributed by atoms with Crippen LogP contribution in [0.15, 0.2) is 58.8 Å². The summed E-state index contributed by atoms with van der Waals surface area (Å²) in [4.78, 5) is 0. The molecule has 126 valence electrons. The van der Waals surface area contributed by atoms with Gasteiger partial charge in [-0.15, -0.1) is 5.11 Å². The molecular formula is C19H19N5S. The standard InChI is InChI=1S/C19H19N5S/c1-12-8-7-11-16(13(12)2)21-22-17-14(3)24(19(20)25)23-18(17)15-9-5-4-6-10-15/h4-11H,1-3H3,(H2,20,25). The van der Waals surface area contributed by atoms with Gasteiger partial charge in [0.25, 0.3) is 0 Å². The topological polar surface area (TPSA) is 68.6 Å². The number of aromatic nitrogens is 2. The minimum atomic E-state index is 0.183. The predicted octanol–water partition coefficient (Wildman–Crippen LogP) is 4.98. The molecule has 2 N–H and O–H groups in total. The number of azo groups is 1. The van der Waals surface area contributed by atoms with Gasteiger partial charge in [-0.2, -0.15) is 10.2 Å². The van der Waals surface area contributed by atoms with Crippen molar-refractivity contribution in [2.24, 2.45) is 16.0 Å². The normalized spacial score (nSPS) is 11.2. The molecule has 1 aromatic heterocycles. The Morgan fingerprint density at radius 1 is 1.00 bits per heavy atom. The maximum atomic E-state index is 5.79. The van der Waals surface area contributed by atoms with Crippen molar-refractivity contribution in [3.05, 3.63) is 65.4 Å². The second-order valence-electron chi connectivity index (χ2n) is 5.82. The van der Waals surface area contributed by atoms with Gasteiger partial charge in [0, 0.05) is 5.56 Å². The molecule has 5 nitrogen and oxygen atoms in total. The van der Waals surface area contributed by atoms with Crippen molar-refractivity contribution in [1.29, 1.82) is 0 Å². The lowest BCUT2D eigenvalue weighted by molar-refractivity contribution is 0.906. The van der Waals surface area contributed by atoms with Gasteiger partial charge in [0.15, 0.2) is 5.11 Å². The molecule has 2 aromatic carbocycles. The van der Waals surface area contributed by atoms with E-state index in [4.69, 9.17) is 18.0 Å². The summed E-state index contributed by atoms with van der Waals surface area (Å²) in [7, 11) is 0. The molecule has 1 heterocycles. The first-order chi connectivity index (χ1) is 12.0. The largest absolute Gasteiger partial charge is 0.374 e. The molecule has 0 bridgehead atoms. The summed E-state index contributed by atoms with van der Waals surface area (Å²) in [6, 6.07) is 15.8. The molecule has 0 saturated heterocycles. The Morgan fingerprint density at radius 3 is 2.40 bits per heavy atom. The lowest BCUT2D eigenvalue weighted by atomic mass is 10.1. The molecule has 3 rings (SSSR count). The van der Waals surface area contributed by atoms with Crippen LogP contribution in [-0.4, -0.2) is 14.9 Å². The van der Waals surface area contributed by atoms with Crippen LogP contribution in [0.5, 0.6) is 0 Å². The molecule has 0 saturated carbocycles. The lowest BCUT2D eigenvalue weighted by Gasteiger charge is -2.03. The summed E-state index contributed by atoms with van der Waals surface area (Å²) in [5.41, 5.74) is 12.0. The first kappa shape index (κ1) is 17.0. The van der Waals surface area contributed by atoms with E-state index in [1.165, 1.54) is 10.2 Å². The van der Waals surface area contributed by atoms with Crippen molar-refractivity contribution in [3.8, 4) is 11.3 Å². The van der Waals surface area contributed by atoms with E-state index in [0.29, 0.717) is 11.4 Å². The average Bonchev–Trinajstić information content (AvgIpc) is 2.94. The Morgan fingerprint density at radius 2 is 1.72 bits per heavy atom. The van der Waals surface area contributed by atoms with Crippen molar-refractivity contribution in [1.82, 2.24) is 9.78 Å². The van der Waals surface area contributed by atoms with Crippen LogP contribution in [0, 0.1) is 20.8 Å². The molecular weight excluding hydrogens is 330 g/mol. The van der Waals surface area contributed by atoms with Crippen LogP contribution in [0.4, 0.5) is 11.4 Å². The van der Waals surface area contributed by atoms with E-state index < -0.39 is 0 Å². The number of hydrogen-bond acceptors (Lipinski definition) is 4. The fraction of sp³-hybridized carbons (Fsp3) is 0.158. The van der Waals surface area contributed by atoms with Gasteiger partial charge in [0.1, 0.15) is 11.4 Å². The van der Waals surface area contributed by atoms with Gasteiger partial charge in [-0.3, -0.25) is 0 Å². The van der Waals surface area contributed by atoms with E-state index in [0.717, 1.165) is 22.5 Å². The Kier molecular flexibility index (Phi) is 4.72. The zero-order chi connectivity index (χ0) is 18.0. The smallest absolute Gasteiger partial charge is 0.191 e. The molecule has 0 radical (unpaired) electrons. The number of rotatable bonds is 3. The van der Waals surface area contributed by atoms with Crippen LogP contribution >= 0.6 is 12.2 Å². The van der Waals surface area contributed by atoms with Crippen LogP contribution < -0.4 is 5.73 Å². The van der Waals surface area contributed by atoms with Crippen LogP contribution in [0.1, 0.15) is 16.8 Å². The van der Waals surface area contributed by atoms with Crippen LogP contribution in [0.2, 0.25) is 0 Å². The quantitative estimate of drug-likeness (QED) is 0.535. The second kappa shape index (κ2) is 6.94. The van der Waals surface area contributed by atoms with Gasteiger partial charge in [0.2, 0.25) is 0 Å². The summed E-state index contributed by atoms with van der Waals surface area (Å²) in [5.74, 6) is 0. The summed E-state index contributed by atoms with van der Waals surface area (Å²) in [5, 5.41) is 13.6. The van der Waals surface area contributed by atoms with Crippen molar-refractivity contribution < 1.29 is 0 Å². The molecule has 6 heteroatoms. The van der Waals surface area contributed by atoms with Crippen molar-refractivity contribution in [2.75, 3.05) is 0 Å². The molecule has 0 spiro atoms. The molecule has 0 aliphatic rings. The molecule has 0 fully saturated rings. The Labute approximate surface area is 152 Å². The molecule has 0 unspecified atom stereocenters. The number of nitrogens with two attached hydrogens (primary N) is 1. The van der Waals surface area contributed by atoms with Gasteiger partial charge in [0.05, 0.1) is 11.4 Å². The maximum absolute atomic E-state index is 5.79. The third kappa shape index (κ3) is 3.34. The van der Waals surface area contributed by atoms with Gasteiger partial charge >= 0.3 is 0 Å². The molecule has 0 amide bonds. The molecule has 0 aliphatic carbocycles. The highest BCUT2D eigenvalue weighted by Crippen LogP contribution is 2.34. The average molecular weight is 349 g/mol. The molecule has 3 aromatic rings. The van der Waals surface area contributed by atoms with Gasteiger partial charge in [-0.05, 0) is 50.2 Å². The third-order valence-electron chi connectivity index (χ3n) is 4.17. The van der Waals surface area contributed by atoms with Crippen molar-refractivity contribution >= 4 is 28.7 Å². The minimum absolute atomic E-state index is 0.183. The monoisotopic (exact) mass is 349 g/mol. The number of thiocarbonyl (C=S) groups is 1. The minimum Gasteiger partial charge on any atom is -0.374 e. The van der Waals surface area contributed by atoms with E-state index in [1.54, 1.807) is 0 Å². The van der Waals surface area contributed by atoms with E-state index in [-0.39, 0.29) is 5.11 Å². The highest BCUT2D eigenvalue weighted by molar-refractivity contribution is 7.80. The van der Waals surface area contributed by atoms with Crippen LogP contribution in [0.25, 0.3) is 11.3 Å². The fourth-order valence-corrected chi connectivity index (χ4v) is 2.74. The first-order valence-corrected chi connectivity index (χ1v) is 8.32. The van der Waals surface area contributed by atoms with Crippen molar-refractivity contribution in [2.45, 2.75) is 20.8 Å². The van der Waals surface area contributed by atoms with Crippen LogP contribution in [-0.2, 0) is 0 Å². The zero-order valence-electron chi connectivity index (χ0n) is 14.4.